The van der Waals surface area contributed by atoms with E-state index in [1.165, 1.54) is 25.7 Å². The fourth-order valence-corrected chi connectivity index (χ4v) is 5.42. The number of rotatable bonds is 7. The fourth-order valence-electron chi connectivity index (χ4n) is 5.42. The molecule has 0 N–H and O–H groups in total. The van der Waals surface area contributed by atoms with Crippen LogP contribution in [0, 0.1) is 0 Å². The Morgan fingerprint density at radius 2 is 1.88 bits per heavy atom. The van der Waals surface area contributed by atoms with Crippen molar-refractivity contribution in [3.8, 4) is 5.69 Å². The maximum Gasteiger partial charge on any atom is 0.128 e. The molecule has 5 heterocycles. The zero-order valence-corrected chi connectivity index (χ0v) is 19.9. The van der Waals surface area contributed by atoms with Gasteiger partial charge in [0.05, 0.1) is 31.1 Å². The number of aromatic nitrogens is 3. The Labute approximate surface area is 201 Å². The predicted molar refractivity (Wildman–Crippen MR) is 133 cm³/mol. The van der Waals surface area contributed by atoms with Crippen LogP contribution in [-0.2, 0) is 16.1 Å². The van der Waals surface area contributed by atoms with Crippen molar-refractivity contribution >= 4 is 11.4 Å². The van der Waals surface area contributed by atoms with Crippen LogP contribution in [0.2, 0.25) is 0 Å². The molecule has 2 aromatic rings. The highest BCUT2D eigenvalue weighted by Gasteiger charge is 2.42. The van der Waals surface area contributed by atoms with E-state index >= 15 is 0 Å². The lowest BCUT2D eigenvalue weighted by molar-refractivity contribution is -0.0859. The molecule has 178 valence electrons. The van der Waals surface area contributed by atoms with Crippen molar-refractivity contribution in [3.05, 3.63) is 66.3 Å². The molecule has 2 saturated heterocycles. The normalized spacial score (nSPS) is 21.6. The van der Waals surface area contributed by atoms with E-state index in [0.717, 1.165) is 66.4 Å². The first-order valence-electron chi connectivity index (χ1n) is 12.5. The number of fused-ring (bicyclic) bond motifs is 1. The van der Waals surface area contributed by atoms with Crippen LogP contribution in [0.4, 0.5) is 5.82 Å². The Kier molecular flexibility index (Phi) is 5.75. The SMILES string of the molecule is C=C/C=C\C1=C(C)OCc2cn(-c3ccc(N4CCC(N(C5CC5)C5COC5)CC4)nc3)nc21. The topological polar surface area (TPSA) is 55.7 Å². The smallest absolute Gasteiger partial charge is 0.128 e. The summed E-state index contributed by atoms with van der Waals surface area (Å²) in [6.07, 6.45) is 14.8. The van der Waals surface area contributed by atoms with Gasteiger partial charge in [0.15, 0.2) is 0 Å². The minimum absolute atomic E-state index is 0.540. The van der Waals surface area contributed by atoms with Gasteiger partial charge in [-0.1, -0.05) is 18.7 Å². The molecule has 4 aliphatic rings. The third kappa shape index (κ3) is 4.07. The summed E-state index contributed by atoms with van der Waals surface area (Å²) >= 11 is 0. The molecule has 6 rings (SSSR count). The van der Waals surface area contributed by atoms with Gasteiger partial charge in [0.2, 0.25) is 0 Å². The van der Waals surface area contributed by atoms with Crippen LogP contribution < -0.4 is 4.90 Å². The summed E-state index contributed by atoms with van der Waals surface area (Å²) in [6.45, 7) is 10.2. The van der Waals surface area contributed by atoms with E-state index in [4.69, 9.17) is 19.6 Å². The maximum atomic E-state index is 5.84. The highest BCUT2D eigenvalue weighted by atomic mass is 16.5. The third-order valence-electron chi connectivity index (χ3n) is 7.49. The standard InChI is InChI=1S/C27H33N5O2/c1-3-4-5-25-19(2)34-16-20-15-31(29-27(20)25)23-8-9-26(28-14-23)30-12-10-22(11-13-30)32(21-6-7-21)24-17-33-18-24/h3-5,8-9,14-15,21-22,24H,1,6-7,10-13,16-18H2,2H3/b5-4-. The predicted octanol–water partition coefficient (Wildman–Crippen LogP) is 4.10. The van der Waals surface area contributed by atoms with Crippen molar-refractivity contribution in [2.75, 3.05) is 31.2 Å². The second-order valence-corrected chi connectivity index (χ2v) is 9.76. The summed E-state index contributed by atoms with van der Waals surface area (Å²) in [5.41, 5.74) is 4.01. The van der Waals surface area contributed by atoms with E-state index in [2.05, 4.69) is 28.5 Å². The summed E-state index contributed by atoms with van der Waals surface area (Å²) in [5.74, 6) is 1.94. The molecule has 34 heavy (non-hydrogen) atoms. The van der Waals surface area contributed by atoms with Gasteiger partial charge in [0.25, 0.3) is 0 Å². The number of allylic oxidation sites excluding steroid dienone is 5. The number of piperidine rings is 1. The van der Waals surface area contributed by atoms with Gasteiger partial charge in [0.1, 0.15) is 23.9 Å². The quantitative estimate of drug-likeness (QED) is 0.581. The first-order valence-corrected chi connectivity index (χ1v) is 12.5. The summed E-state index contributed by atoms with van der Waals surface area (Å²) < 4.78 is 13.2. The van der Waals surface area contributed by atoms with Crippen molar-refractivity contribution in [2.45, 2.75) is 57.3 Å². The summed E-state index contributed by atoms with van der Waals surface area (Å²) in [7, 11) is 0. The lowest BCUT2D eigenvalue weighted by atomic mass is 10.00. The molecule has 1 saturated carbocycles. The second kappa shape index (κ2) is 9.04. The van der Waals surface area contributed by atoms with Gasteiger partial charge in [0, 0.05) is 42.5 Å². The second-order valence-electron chi connectivity index (χ2n) is 9.76. The molecule has 0 bridgehead atoms. The van der Waals surface area contributed by atoms with Crippen LogP contribution in [0.1, 0.15) is 43.9 Å². The molecule has 0 atom stereocenters. The minimum atomic E-state index is 0.540. The Morgan fingerprint density at radius 3 is 2.53 bits per heavy atom. The zero-order valence-electron chi connectivity index (χ0n) is 19.9. The molecule has 1 aliphatic carbocycles. The Balaban J connectivity index is 1.13. The lowest BCUT2D eigenvalue weighted by Gasteiger charge is -2.45. The first kappa shape index (κ1) is 21.6. The number of anilines is 1. The van der Waals surface area contributed by atoms with Gasteiger partial charge in [-0.05, 0) is 50.8 Å². The van der Waals surface area contributed by atoms with Gasteiger partial charge >= 0.3 is 0 Å². The van der Waals surface area contributed by atoms with E-state index in [1.54, 1.807) is 6.08 Å². The highest BCUT2D eigenvalue weighted by molar-refractivity contribution is 5.76. The number of hydrogen-bond acceptors (Lipinski definition) is 6. The van der Waals surface area contributed by atoms with Crippen molar-refractivity contribution in [1.29, 1.82) is 0 Å². The van der Waals surface area contributed by atoms with E-state index in [0.29, 0.717) is 18.7 Å². The summed E-state index contributed by atoms with van der Waals surface area (Å²) in [5, 5.41) is 4.85. The molecular formula is C27H33N5O2. The van der Waals surface area contributed by atoms with Gasteiger partial charge in [-0.15, -0.1) is 0 Å². The van der Waals surface area contributed by atoms with E-state index in [-0.39, 0.29) is 0 Å². The molecule has 0 radical (unpaired) electrons. The number of hydrogen-bond donors (Lipinski definition) is 0. The largest absolute Gasteiger partial charge is 0.493 e. The molecule has 0 aromatic carbocycles. The van der Waals surface area contributed by atoms with Gasteiger partial charge < -0.3 is 14.4 Å². The van der Waals surface area contributed by atoms with Crippen LogP contribution in [0.5, 0.6) is 0 Å². The molecule has 7 nitrogen and oxygen atoms in total. The molecule has 0 amide bonds. The van der Waals surface area contributed by atoms with Crippen LogP contribution in [-0.4, -0.2) is 64.1 Å². The molecule has 0 unspecified atom stereocenters. The summed E-state index contributed by atoms with van der Waals surface area (Å²) in [6, 6.07) is 6.39. The third-order valence-corrected chi connectivity index (χ3v) is 7.49. The number of nitrogens with zero attached hydrogens (tertiary/aromatic N) is 5. The zero-order chi connectivity index (χ0) is 23.1. The highest BCUT2D eigenvalue weighted by Crippen LogP contribution is 2.36. The summed E-state index contributed by atoms with van der Waals surface area (Å²) in [4.78, 5) is 10.0. The van der Waals surface area contributed by atoms with Crippen molar-refractivity contribution in [1.82, 2.24) is 19.7 Å². The lowest BCUT2D eigenvalue weighted by Crippen LogP contribution is -2.57. The van der Waals surface area contributed by atoms with Crippen LogP contribution in [0.3, 0.4) is 0 Å². The van der Waals surface area contributed by atoms with Gasteiger partial charge in [-0.2, -0.15) is 5.10 Å². The molecule has 7 heteroatoms. The molecule has 3 fully saturated rings. The maximum absolute atomic E-state index is 5.84. The van der Waals surface area contributed by atoms with Gasteiger partial charge in [-0.25, -0.2) is 9.67 Å². The molecule has 2 aromatic heterocycles. The average Bonchev–Trinajstić information content (AvgIpc) is 3.58. The number of ether oxygens (including phenoxy) is 2. The fraction of sp³-hybridized carbons (Fsp3) is 0.481. The van der Waals surface area contributed by atoms with E-state index in [9.17, 15) is 0 Å². The van der Waals surface area contributed by atoms with Crippen LogP contribution in [0.15, 0.2) is 55.1 Å². The molecule has 3 aliphatic heterocycles. The van der Waals surface area contributed by atoms with Crippen molar-refractivity contribution < 1.29 is 9.47 Å². The first-order chi connectivity index (χ1) is 16.7. The van der Waals surface area contributed by atoms with Gasteiger partial charge in [-0.3, -0.25) is 4.90 Å². The van der Waals surface area contributed by atoms with E-state index in [1.807, 2.05) is 36.2 Å². The molecular weight excluding hydrogens is 426 g/mol. The Bertz CT molecular complexity index is 1100. The number of pyridine rings is 1. The molecule has 0 spiro atoms. The van der Waals surface area contributed by atoms with Crippen LogP contribution in [0.25, 0.3) is 11.3 Å². The minimum Gasteiger partial charge on any atom is -0.493 e. The van der Waals surface area contributed by atoms with E-state index < -0.39 is 0 Å². The average molecular weight is 460 g/mol. The van der Waals surface area contributed by atoms with Crippen molar-refractivity contribution in [3.63, 3.8) is 0 Å². The van der Waals surface area contributed by atoms with Crippen molar-refractivity contribution in [2.24, 2.45) is 0 Å². The van der Waals surface area contributed by atoms with Crippen LogP contribution >= 0.6 is 0 Å². The Morgan fingerprint density at radius 1 is 1.09 bits per heavy atom. The Hall–Kier alpha value is -2.90. The monoisotopic (exact) mass is 459 g/mol.